The Morgan fingerprint density at radius 1 is 1.47 bits per heavy atom. The van der Waals surface area contributed by atoms with E-state index in [1.807, 2.05) is 20.8 Å². The third-order valence-electron chi connectivity index (χ3n) is 3.20. The predicted octanol–water partition coefficient (Wildman–Crippen LogP) is 1.13. The Bertz CT molecular complexity index is 335. The average Bonchev–Trinajstić information content (AvgIpc) is 2.53. The molecule has 2 fully saturated rings. The molecule has 2 aliphatic rings. The first-order chi connectivity index (χ1) is 7.85. The fourth-order valence-corrected chi connectivity index (χ4v) is 2.40. The summed E-state index contributed by atoms with van der Waals surface area (Å²) in [6.07, 6.45) is 1.20. The van der Waals surface area contributed by atoms with Crippen LogP contribution >= 0.6 is 0 Å². The van der Waals surface area contributed by atoms with E-state index >= 15 is 0 Å². The van der Waals surface area contributed by atoms with Crippen molar-refractivity contribution in [2.24, 2.45) is 5.92 Å². The van der Waals surface area contributed by atoms with Gasteiger partial charge in [0.25, 0.3) is 0 Å². The normalized spacial score (nSPS) is 28.6. The second kappa shape index (κ2) is 4.20. The second-order valence-corrected chi connectivity index (χ2v) is 5.85. The van der Waals surface area contributed by atoms with Crippen molar-refractivity contribution in [3.63, 3.8) is 0 Å². The van der Waals surface area contributed by atoms with Crippen LogP contribution in [0.5, 0.6) is 0 Å². The summed E-state index contributed by atoms with van der Waals surface area (Å²) in [6.45, 7) is 6.83. The van der Waals surface area contributed by atoms with Crippen molar-refractivity contribution < 1.29 is 14.3 Å². The lowest BCUT2D eigenvalue weighted by Gasteiger charge is -2.35. The van der Waals surface area contributed by atoms with Gasteiger partial charge in [-0.2, -0.15) is 0 Å². The van der Waals surface area contributed by atoms with Gasteiger partial charge in [0.2, 0.25) is 5.91 Å². The van der Waals surface area contributed by atoms with Crippen LogP contribution in [0.2, 0.25) is 0 Å². The minimum atomic E-state index is -0.465. The molecule has 96 valence electrons. The number of carbonyl (C=O) groups is 2. The Morgan fingerprint density at radius 2 is 2.18 bits per heavy atom. The summed E-state index contributed by atoms with van der Waals surface area (Å²) in [4.78, 5) is 24.8. The van der Waals surface area contributed by atoms with Gasteiger partial charge in [-0.25, -0.2) is 4.79 Å². The highest BCUT2D eigenvalue weighted by atomic mass is 16.6. The summed E-state index contributed by atoms with van der Waals surface area (Å²) in [7, 11) is 0. The first kappa shape index (κ1) is 12.2. The quantitative estimate of drug-likeness (QED) is 0.690. The Balaban J connectivity index is 1.92. The van der Waals surface area contributed by atoms with Crippen LogP contribution in [0, 0.1) is 5.92 Å². The van der Waals surface area contributed by atoms with E-state index in [4.69, 9.17) is 4.74 Å². The molecule has 2 aliphatic heterocycles. The molecular formula is C12H20N2O3. The highest BCUT2D eigenvalue weighted by Crippen LogP contribution is 2.26. The SMILES string of the molecule is CC(C)(C)OC(=O)N1CC[C@H]2CC(=O)N[C@H]2C1. The van der Waals surface area contributed by atoms with Crippen LogP contribution in [0.4, 0.5) is 4.79 Å². The molecule has 17 heavy (non-hydrogen) atoms. The van der Waals surface area contributed by atoms with Crippen molar-refractivity contribution >= 4 is 12.0 Å². The summed E-state index contributed by atoms with van der Waals surface area (Å²) in [5, 5.41) is 2.92. The van der Waals surface area contributed by atoms with Gasteiger partial charge in [-0.15, -0.1) is 0 Å². The Hall–Kier alpha value is -1.26. The fourth-order valence-electron chi connectivity index (χ4n) is 2.40. The van der Waals surface area contributed by atoms with Crippen molar-refractivity contribution in [1.82, 2.24) is 10.2 Å². The maximum absolute atomic E-state index is 11.9. The third kappa shape index (κ3) is 2.90. The standard InChI is InChI=1S/C12H20N2O3/c1-12(2,3)17-11(16)14-5-4-8-6-10(15)13-9(8)7-14/h8-9H,4-7H2,1-3H3,(H,13,15)/t8-,9-/m0/s1. The maximum Gasteiger partial charge on any atom is 0.410 e. The fraction of sp³-hybridized carbons (Fsp3) is 0.833. The summed E-state index contributed by atoms with van der Waals surface area (Å²) in [5.74, 6) is 0.493. The lowest BCUT2D eigenvalue weighted by Crippen LogP contribution is -2.50. The molecule has 2 atom stereocenters. The molecule has 0 aliphatic carbocycles. The molecule has 0 aromatic rings. The number of carbonyl (C=O) groups excluding carboxylic acids is 2. The number of ether oxygens (including phenoxy) is 1. The predicted molar refractivity (Wildman–Crippen MR) is 62.5 cm³/mol. The van der Waals surface area contributed by atoms with Crippen molar-refractivity contribution in [2.45, 2.75) is 45.3 Å². The Labute approximate surface area is 101 Å². The summed E-state index contributed by atoms with van der Waals surface area (Å²) >= 11 is 0. The monoisotopic (exact) mass is 240 g/mol. The lowest BCUT2D eigenvalue weighted by atomic mass is 9.93. The van der Waals surface area contributed by atoms with E-state index in [-0.39, 0.29) is 18.0 Å². The van der Waals surface area contributed by atoms with E-state index < -0.39 is 5.60 Å². The molecule has 5 heteroatoms. The van der Waals surface area contributed by atoms with Gasteiger partial charge >= 0.3 is 6.09 Å². The van der Waals surface area contributed by atoms with Crippen LogP contribution in [0.25, 0.3) is 0 Å². The number of likely N-dealkylation sites (tertiary alicyclic amines) is 1. The lowest BCUT2D eigenvalue weighted by molar-refractivity contribution is -0.119. The molecule has 0 bridgehead atoms. The van der Waals surface area contributed by atoms with Crippen LogP contribution in [-0.2, 0) is 9.53 Å². The molecule has 1 N–H and O–H groups in total. The highest BCUT2D eigenvalue weighted by molar-refractivity contribution is 5.79. The van der Waals surface area contributed by atoms with Gasteiger partial charge in [-0.05, 0) is 33.1 Å². The van der Waals surface area contributed by atoms with E-state index in [2.05, 4.69) is 5.32 Å². The van der Waals surface area contributed by atoms with Gasteiger partial charge in [0.15, 0.2) is 0 Å². The van der Waals surface area contributed by atoms with Gasteiger partial charge in [-0.1, -0.05) is 0 Å². The van der Waals surface area contributed by atoms with E-state index in [1.165, 1.54) is 0 Å². The molecule has 2 rings (SSSR count). The summed E-state index contributed by atoms with van der Waals surface area (Å²) < 4.78 is 5.33. The number of fused-ring (bicyclic) bond motifs is 1. The molecule has 0 spiro atoms. The minimum Gasteiger partial charge on any atom is -0.444 e. The molecule has 0 aromatic carbocycles. The van der Waals surface area contributed by atoms with Crippen molar-refractivity contribution in [1.29, 1.82) is 0 Å². The molecule has 2 amide bonds. The number of hydrogen-bond donors (Lipinski definition) is 1. The molecule has 5 nitrogen and oxygen atoms in total. The topological polar surface area (TPSA) is 58.6 Å². The van der Waals surface area contributed by atoms with Crippen molar-refractivity contribution in [3.05, 3.63) is 0 Å². The molecule has 0 saturated carbocycles. The zero-order valence-corrected chi connectivity index (χ0v) is 10.7. The zero-order valence-electron chi connectivity index (χ0n) is 10.7. The van der Waals surface area contributed by atoms with E-state index in [9.17, 15) is 9.59 Å². The van der Waals surface area contributed by atoms with Crippen LogP contribution < -0.4 is 5.32 Å². The van der Waals surface area contributed by atoms with Crippen LogP contribution in [0.1, 0.15) is 33.6 Å². The van der Waals surface area contributed by atoms with Crippen LogP contribution in [-0.4, -0.2) is 41.6 Å². The van der Waals surface area contributed by atoms with Gasteiger partial charge in [-0.3, -0.25) is 4.79 Å². The number of hydrogen-bond acceptors (Lipinski definition) is 3. The van der Waals surface area contributed by atoms with E-state index in [0.29, 0.717) is 25.4 Å². The summed E-state index contributed by atoms with van der Waals surface area (Å²) in [5.41, 5.74) is -0.465. The molecule has 2 saturated heterocycles. The highest BCUT2D eigenvalue weighted by Gasteiger charge is 2.39. The molecular weight excluding hydrogens is 220 g/mol. The molecule has 0 radical (unpaired) electrons. The minimum absolute atomic E-state index is 0.103. The van der Waals surface area contributed by atoms with Gasteiger partial charge in [0.1, 0.15) is 5.60 Å². The number of nitrogens with zero attached hydrogens (tertiary/aromatic N) is 1. The second-order valence-electron chi connectivity index (χ2n) is 5.85. The van der Waals surface area contributed by atoms with E-state index in [0.717, 1.165) is 6.42 Å². The first-order valence-electron chi connectivity index (χ1n) is 6.12. The molecule has 0 aromatic heterocycles. The third-order valence-corrected chi connectivity index (χ3v) is 3.20. The number of amides is 2. The number of piperidine rings is 1. The van der Waals surface area contributed by atoms with Gasteiger partial charge < -0.3 is 15.0 Å². The number of rotatable bonds is 0. The van der Waals surface area contributed by atoms with E-state index in [1.54, 1.807) is 4.90 Å². The van der Waals surface area contributed by atoms with Crippen LogP contribution in [0.3, 0.4) is 0 Å². The first-order valence-corrected chi connectivity index (χ1v) is 6.12. The van der Waals surface area contributed by atoms with Crippen molar-refractivity contribution in [2.75, 3.05) is 13.1 Å². The van der Waals surface area contributed by atoms with Gasteiger partial charge in [0, 0.05) is 25.6 Å². The smallest absolute Gasteiger partial charge is 0.410 e. The number of nitrogens with one attached hydrogen (secondary N) is 1. The maximum atomic E-state index is 11.9. The average molecular weight is 240 g/mol. The zero-order chi connectivity index (χ0) is 12.6. The Kier molecular flexibility index (Phi) is 3.02. The van der Waals surface area contributed by atoms with Crippen molar-refractivity contribution in [3.8, 4) is 0 Å². The molecule has 0 unspecified atom stereocenters. The summed E-state index contributed by atoms with van der Waals surface area (Å²) in [6, 6.07) is 0.115. The van der Waals surface area contributed by atoms with Crippen LogP contribution in [0.15, 0.2) is 0 Å². The largest absolute Gasteiger partial charge is 0.444 e. The van der Waals surface area contributed by atoms with Gasteiger partial charge in [0.05, 0.1) is 0 Å². The Morgan fingerprint density at radius 3 is 2.82 bits per heavy atom. The molecule has 2 heterocycles.